The molecule has 2 rings (SSSR count). The second-order valence-electron chi connectivity index (χ2n) is 4.13. The van der Waals surface area contributed by atoms with Crippen molar-refractivity contribution >= 4 is 39.2 Å². The number of ether oxygens (including phenoxy) is 1. The van der Waals surface area contributed by atoms with Gasteiger partial charge in [-0.3, -0.25) is 5.32 Å². The van der Waals surface area contributed by atoms with Crippen LogP contribution in [0.5, 0.6) is 0 Å². The van der Waals surface area contributed by atoms with E-state index in [2.05, 4.69) is 36.3 Å². The molecule has 0 fully saturated rings. The number of methoxy groups -OCH3 is 1. The number of benzene rings is 1. The summed E-state index contributed by atoms with van der Waals surface area (Å²) in [6.07, 6.45) is 1.11. The second kappa shape index (κ2) is 6.38. The summed E-state index contributed by atoms with van der Waals surface area (Å²) >= 11 is 3.43. The van der Waals surface area contributed by atoms with Crippen molar-refractivity contribution < 1.29 is 9.53 Å². The Morgan fingerprint density at radius 2 is 2.10 bits per heavy atom. The fourth-order valence-electron chi connectivity index (χ4n) is 1.62. The highest BCUT2D eigenvalue weighted by atomic mass is 79.9. The average Bonchev–Trinajstić information content (AvgIpc) is 2.44. The Bertz CT molecular complexity index is 614. The van der Waals surface area contributed by atoms with Crippen molar-refractivity contribution in [1.29, 1.82) is 0 Å². The molecule has 104 valence electrons. The first-order chi connectivity index (χ1) is 9.58. The van der Waals surface area contributed by atoms with Gasteiger partial charge in [-0.25, -0.2) is 9.78 Å². The van der Waals surface area contributed by atoms with Gasteiger partial charge in [-0.05, 0) is 42.8 Å². The van der Waals surface area contributed by atoms with E-state index in [1.807, 2.05) is 31.2 Å². The van der Waals surface area contributed by atoms with E-state index in [0.29, 0.717) is 5.82 Å². The molecule has 0 radical (unpaired) electrons. The minimum Gasteiger partial charge on any atom is -0.453 e. The average molecular weight is 336 g/mol. The Kier molecular flexibility index (Phi) is 4.57. The number of nitrogens with one attached hydrogen (secondary N) is 2. The standard InChI is InChI=1S/C14H14BrN3O2/c1-9-7-10(15)3-5-12(9)17-11-4-6-13(16-8-11)18-14(19)20-2/h3-8,17H,1-2H3,(H,16,18,19). The van der Waals surface area contributed by atoms with Crippen molar-refractivity contribution in [2.75, 3.05) is 17.7 Å². The van der Waals surface area contributed by atoms with Crippen LogP contribution in [0.15, 0.2) is 41.0 Å². The predicted octanol–water partition coefficient (Wildman–Crippen LogP) is 4.07. The van der Waals surface area contributed by atoms with Gasteiger partial charge in [-0.2, -0.15) is 0 Å². The van der Waals surface area contributed by atoms with Gasteiger partial charge < -0.3 is 10.1 Å². The molecule has 5 nitrogen and oxygen atoms in total. The lowest BCUT2D eigenvalue weighted by molar-refractivity contribution is 0.187. The highest BCUT2D eigenvalue weighted by Gasteiger charge is 2.03. The van der Waals surface area contributed by atoms with E-state index in [0.717, 1.165) is 21.4 Å². The van der Waals surface area contributed by atoms with Crippen LogP contribution in [0, 0.1) is 6.92 Å². The first-order valence-corrected chi connectivity index (χ1v) is 6.72. The number of aryl methyl sites for hydroxylation is 1. The molecule has 0 spiro atoms. The smallest absolute Gasteiger partial charge is 0.412 e. The van der Waals surface area contributed by atoms with Crippen LogP contribution >= 0.6 is 15.9 Å². The summed E-state index contributed by atoms with van der Waals surface area (Å²) in [7, 11) is 1.31. The summed E-state index contributed by atoms with van der Waals surface area (Å²) in [4.78, 5) is 15.2. The largest absolute Gasteiger partial charge is 0.453 e. The molecule has 1 aromatic heterocycles. The quantitative estimate of drug-likeness (QED) is 0.887. The minimum atomic E-state index is -0.540. The molecule has 0 saturated heterocycles. The fraction of sp³-hybridized carbons (Fsp3) is 0.143. The predicted molar refractivity (Wildman–Crippen MR) is 82.4 cm³/mol. The Morgan fingerprint density at radius 3 is 2.70 bits per heavy atom. The zero-order chi connectivity index (χ0) is 14.5. The monoisotopic (exact) mass is 335 g/mol. The lowest BCUT2D eigenvalue weighted by Crippen LogP contribution is -2.11. The van der Waals surface area contributed by atoms with Crippen molar-refractivity contribution in [3.05, 3.63) is 46.6 Å². The maximum Gasteiger partial charge on any atom is 0.412 e. The van der Waals surface area contributed by atoms with Crippen LogP contribution in [0.25, 0.3) is 0 Å². The van der Waals surface area contributed by atoms with Gasteiger partial charge in [-0.15, -0.1) is 0 Å². The number of nitrogens with zero attached hydrogens (tertiary/aromatic N) is 1. The van der Waals surface area contributed by atoms with E-state index < -0.39 is 6.09 Å². The zero-order valence-electron chi connectivity index (χ0n) is 11.1. The van der Waals surface area contributed by atoms with Gasteiger partial charge >= 0.3 is 6.09 Å². The lowest BCUT2D eigenvalue weighted by atomic mass is 10.2. The maximum absolute atomic E-state index is 11.0. The summed E-state index contributed by atoms with van der Waals surface area (Å²) in [5.41, 5.74) is 2.96. The van der Waals surface area contributed by atoms with E-state index in [1.165, 1.54) is 7.11 Å². The summed E-state index contributed by atoms with van der Waals surface area (Å²) in [5.74, 6) is 0.440. The Morgan fingerprint density at radius 1 is 1.30 bits per heavy atom. The molecule has 2 N–H and O–H groups in total. The van der Waals surface area contributed by atoms with Crippen molar-refractivity contribution in [3.8, 4) is 0 Å². The van der Waals surface area contributed by atoms with E-state index in [1.54, 1.807) is 12.3 Å². The van der Waals surface area contributed by atoms with Gasteiger partial charge in [0.25, 0.3) is 0 Å². The van der Waals surface area contributed by atoms with Crippen LogP contribution in [0.2, 0.25) is 0 Å². The van der Waals surface area contributed by atoms with Crippen molar-refractivity contribution in [2.45, 2.75) is 6.92 Å². The summed E-state index contributed by atoms with van der Waals surface area (Å²) in [6, 6.07) is 9.52. The van der Waals surface area contributed by atoms with Gasteiger partial charge in [0.05, 0.1) is 19.0 Å². The molecule has 0 aliphatic rings. The molecular formula is C14H14BrN3O2. The minimum absolute atomic E-state index is 0.440. The lowest BCUT2D eigenvalue weighted by Gasteiger charge is -2.10. The molecular weight excluding hydrogens is 322 g/mol. The summed E-state index contributed by atoms with van der Waals surface area (Å²) in [5, 5.41) is 5.76. The van der Waals surface area contributed by atoms with Crippen molar-refractivity contribution in [1.82, 2.24) is 4.98 Å². The van der Waals surface area contributed by atoms with Crippen molar-refractivity contribution in [2.24, 2.45) is 0 Å². The molecule has 20 heavy (non-hydrogen) atoms. The van der Waals surface area contributed by atoms with Gasteiger partial charge in [0.15, 0.2) is 0 Å². The Hall–Kier alpha value is -2.08. The van der Waals surface area contributed by atoms with E-state index in [-0.39, 0.29) is 0 Å². The van der Waals surface area contributed by atoms with Crippen LogP contribution in [0.3, 0.4) is 0 Å². The zero-order valence-corrected chi connectivity index (χ0v) is 12.7. The fourth-order valence-corrected chi connectivity index (χ4v) is 2.10. The number of hydrogen-bond acceptors (Lipinski definition) is 4. The molecule has 0 aliphatic carbocycles. The number of anilines is 3. The third kappa shape index (κ3) is 3.71. The van der Waals surface area contributed by atoms with E-state index in [4.69, 9.17) is 0 Å². The number of aromatic nitrogens is 1. The van der Waals surface area contributed by atoms with Crippen LogP contribution in [-0.2, 0) is 4.74 Å². The molecule has 0 atom stereocenters. The normalized spacial score (nSPS) is 9.95. The van der Waals surface area contributed by atoms with E-state index >= 15 is 0 Å². The number of amides is 1. The number of carbonyl (C=O) groups is 1. The molecule has 0 saturated carbocycles. The first kappa shape index (κ1) is 14.3. The molecule has 2 aromatic rings. The Balaban J connectivity index is 2.08. The van der Waals surface area contributed by atoms with Crippen LogP contribution in [0.1, 0.15) is 5.56 Å². The molecule has 1 amide bonds. The van der Waals surface area contributed by atoms with Gasteiger partial charge in [-0.1, -0.05) is 15.9 Å². The third-order valence-electron chi connectivity index (χ3n) is 2.65. The number of rotatable bonds is 3. The van der Waals surface area contributed by atoms with Gasteiger partial charge in [0, 0.05) is 10.2 Å². The molecule has 1 aromatic carbocycles. The van der Waals surface area contributed by atoms with Crippen LogP contribution in [0.4, 0.5) is 22.0 Å². The van der Waals surface area contributed by atoms with Crippen molar-refractivity contribution in [3.63, 3.8) is 0 Å². The number of carbonyl (C=O) groups excluding carboxylic acids is 1. The highest BCUT2D eigenvalue weighted by molar-refractivity contribution is 9.10. The maximum atomic E-state index is 11.0. The van der Waals surface area contributed by atoms with E-state index in [9.17, 15) is 4.79 Å². The van der Waals surface area contributed by atoms with Crippen LogP contribution < -0.4 is 10.6 Å². The summed E-state index contributed by atoms with van der Waals surface area (Å²) < 4.78 is 5.54. The molecule has 0 aliphatic heterocycles. The van der Waals surface area contributed by atoms with Gasteiger partial charge in [0.1, 0.15) is 5.82 Å². The topological polar surface area (TPSA) is 63.2 Å². The first-order valence-electron chi connectivity index (χ1n) is 5.92. The molecule has 6 heteroatoms. The number of hydrogen-bond donors (Lipinski definition) is 2. The van der Waals surface area contributed by atoms with Crippen LogP contribution in [-0.4, -0.2) is 18.2 Å². The number of halogens is 1. The Labute approximate surface area is 125 Å². The highest BCUT2D eigenvalue weighted by Crippen LogP contribution is 2.23. The second-order valence-corrected chi connectivity index (χ2v) is 5.05. The summed E-state index contributed by atoms with van der Waals surface area (Å²) in [6.45, 7) is 2.02. The molecule has 1 heterocycles. The third-order valence-corrected chi connectivity index (χ3v) is 3.14. The molecule has 0 unspecified atom stereocenters. The van der Waals surface area contributed by atoms with Gasteiger partial charge in [0.2, 0.25) is 0 Å². The number of pyridine rings is 1. The molecule has 0 bridgehead atoms. The SMILES string of the molecule is COC(=O)Nc1ccc(Nc2ccc(Br)cc2C)cn1.